The van der Waals surface area contributed by atoms with E-state index in [4.69, 9.17) is 10.5 Å². The Balaban J connectivity index is 2.29. The molecule has 0 aliphatic rings. The summed E-state index contributed by atoms with van der Waals surface area (Å²) >= 11 is 0. The summed E-state index contributed by atoms with van der Waals surface area (Å²) in [7, 11) is -4.09. The second kappa shape index (κ2) is 11.0. The quantitative estimate of drug-likeness (QED) is 0.381. The number of amides is 1. The van der Waals surface area contributed by atoms with E-state index in [0.29, 0.717) is 0 Å². The van der Waals surface area contributed by atoms with E-state index in [1.807, 2.05) is 19.9 Å². The summed E-state index contributed by atoms with van der Waals surface area (Å²) in [4.78, 5) is 21.5. The van der Waals surface area contributed by atoms with Crippen LogP contribution in [-0.2, 0) is 21.2 Å². The van der Waals surface area contributed by atoms with Crippen molar-refractivity contribution in [1.82, 2.24) is 4.31 Å². The molecule has 0 spiro atoms. The fourth-order valence-corrected chi connectivity index (χ4v) is 4.77. The Morgan fingerprint density at radius 1 is 1.12 bits per heavy atom. The van der Waals surface area contributed by atoms with Gasteiger partial charge >= 0.3 is 6.09 Å². The SMILES string of the molecule is CC(C)CN(C[C@@H](O)[C@H](Cc1ccccc1)OC(N)=O)S(=O)(=O)c1ccc([N+](=O)[O-])cc1. The van der Waals surface area contributed by atoms with E-state index in [1.54, 1.807) is 24.3 Å². The predicted molar refractivity (Wildman–Crippen MR) is 117 cm³/mol. The van der Waals surface area contributed by atoms with Crippen molar-refractivity contribution in [2.24, 2.45) is 11.7 Å². The number of hydrogen-bond donors (Lipinski definition) is 2. The number of hydrogen-bond acceptors (Lipinski definition) is 7. The molecule has 0 bridgehead atoms. The topological polar surface area (TPSA) is 153 Å². The Labute approximate surface area is 186 Å². The lowest BCUT2D eigenvalue weighted by Gasteiger charge is -2.29. The number of primary amides is 1. The molecule has 32 heavy (non-hydrogen) atoms. The monoisotopic (exact) mass is 465 g/mol. The number of nitrogens with two attached hydrogens (primary N) is 1. The van der Waals surface area contributed by atoms with Crippen molar-refractivity contribution < 1.29 is 28.0 Å². The molecule has 2 rings (SSSR count). The predicted octanol–water partition coefficient (Wildman–Crippen LogP) is 2.31. The molecule has 0 radical (unpaired) electrons. The van der Waals surface area contributed by atoms with Crippen LogP contribution >= 0.6 is 0 Å². The number of nitro benzene ring substituents is 1. The van der Waals surface area contributed by atoms with Gasteiger partial charge in [-0.3, -0.25) is 10.1 Å². The summed E-state index contributed by atoms with van der Waals surface area (Å²) < 4.78 is 32.6. The molecular weight excluding hydrogens is 438 g/mol. The molecule has 2 aromatic carbocycles. The summed E-state index contributed by atoms with van der Waals surface area (Å²) in [6.07, 6.45) is -3.39. The highest BCUT2D eigenvalue weighted by molar-refractivity contribution is 7.89. The third-order valence-corrected chi connectivity index (χ3v) is 6.47. The number of rotatable bonds is 11. The van der Waals surface area contributed by atoms with E-state index < -0.39 is 33.2 Å². The zero-order valence-electron chi connectivity index (χ0n) is 17.8. The molecule has 0 aromatic heterocycles. The van der Waals surface area contributed by atoms with Gasteiger partial charge in [0.15, 0.2) is 0 Å². The smallest absolute Gasteiger partial charge is 0.404 e. The lowest BCUT2D eigenvalue weighted by Crippen LogP contribution is -2.46. The van der Waals surface area contributed by atoms with Crippen LogP contribution in [0.1, 0.15) is 19.4 Å². The lowest BCUT2D eigenvalue weighted by atomic mass is 10.0. The Bertz CT molecular complexity index is 1010. The number of ether oxygens (including phenoxy) is 1. The number of benzene rings is 2. The van der Waals surface area contributed by atoms with Crippen molar-refractivity contribution >= 4 is 21.8 Å². The maximum Gasteiger partial charge on any atom is 0.404 e. The second-order valence-corrected chi connectivity index (χ2v) is 9.64. The zero-order valence-corrected chi connectivity index (χ0v) is 18.6. The van der Waals surface area contributed by atoms with Crippen LogP contribution in [0.2, 0.25) is 0 Å². The van der Waals surface area contributed by atoms with Crippen molar-refractivity contribution in [2.45, 2.75) is 37.4 Å². The van der Waals surface area contributed by atoms with Crippen LogP contribution in [0, 0.1) is 16.0 Å². The fourth-order valence-electron chi connectivity index (χ4n) is 3.14. The summed E-state index contributed by atoms with van der Waals surface area (Å²) in [6, 6.07) is 13.4. The number of aliphatic hydroxyl groups excluding tert-OH is 1. The third-order valence-electron chi connectivity index (χ3n) is 4.62. The minimum absolute atomic E-state index is 0.0744. The molecular formula is C21H27N3O7S. The highest BCUT2D eigenvalue weighted by Crippen LogP contribution is 2.22. The summed E-state index contributed by atoms with van der Waals surface area (Å²) in [5.74, 6) is -0.0837. The van der Waals surface area contributed by atoms with Crippen LogP contribution in [0.4, 0.5) is 10.5 Å². The molecule has 0 aliphatic carbocycles. The molecule has 174 valence electrons. The molecule has 0 saturated carbocycles. The summed E-state index contributed by atoms with van der Waals surface area (Å²) in [5, 5.41) is 21.7. The van der Waals surface area contributed by atoms with Gasteiger partial charge in [-0.1, -0.05) is 44.2 Å². The van der Waals surface area contributed by atoms with Crippen LogP contribution < -0.4 is 5.73 Å². The van der Waals surface area contributed by atoms with Gasteiger partial charge in [-0.2, -0.15) is 4.31 Å². The molecule has 10 nitrogen and oxygen atoms in total. The first-order valence-electron chi connectivity index (χ1n) is 9.93. The van der Waals surface area contributed by atoms with E-state index in [0.717, 1.165) is 34.1 Å². The van der Waals surface area contributed by atoms with Gasteiger partial charge in [0, 0.05) is 31.6 Å². The molecule has 11 heteroatoms. The van der Waals surface area contributed by atoms with Gasteiger partial charge in [-0.25, -0.2) is 13.2 Å². The molecule has 2 aromatic rings. The van der Waals surface area contributed by atoms with Crippen molar-refractivity contribution in [3.63, 3.8) is 0 Å². The van der Waals surface area contributed by atoms with Crippen molar-refractivity contribution in [1.29, 1.82) is 0 Å². The first-order valence-corrected chi connectivity index (χ1v) is 11.4. The Morgan fingerprint density at radius 2 is 1.72 bits per heavy atom. The Kier molecular flexibility index (Phi) is 8.70. The minimum atomic E-state index is -4.09. The first-order chi connectivity index (χ1) is 15.0. The molecule has 0 heterocycles. The van der Waals surface area contributed by atoms with Gasteiger partial charge < -0.3 is 15.6 Å². The van der Waals surface area contributed by atoms with Crippen LogP contribution in [0.25, 0.3) is 0 Å². The van der Waals surface area contributed by atoms with Gasteiger partial charge in [0.25, 0.3) is 5.69 Å². The van der Waals surface area contributed by atoms with Crippen LogP contribution in [0.15, 0.2) is 59.5 Å². The number of non-ortho nitro benzene ring substituents is 1. The highest BCUT2D eigenvalue weighted by atomic mass is 32.2. The number of nitrogens with zero attached hydrogens (tertiary/aromatic N) is 2. The summed E-state index contributed by atoms with van der Waals surface area (Å²) in [5.41, 5.74) is 5.68. The second-order valence-electron chi connectivity index (χ2n) is 7.70. The van der Waals surface area contributed by atoms with Crippen molar-refractivity contribution in [2.75, 3.05) is 13.1 Å². The number of carbonyl (C=O) groups excluding carboxylic acids is 1. The van der Waals surface area contributed by atoms with E-state index in [9.17, 15) is 28.4 Å². The largest absolute Gasteiger partial charge is 0.443 e. The van der Waals surface area contributed by atoms with Gasteiger partial charge in [0.05, 0.1) is 9.82 Å². The minimum Gasteiger partial charge on any atom is -0.443 e. The van der Waals surface area contributed by atoms with Crippen molar-refractivity contribution in [3.05, 3.63) is 70.3 Å². The number of aliphatic hydroxyl groups is 1. The van der Waals surface area contributed by atoms with E-state index in [-0.39, 0.29) is 36.0 Å². The molecule has 0 aliphatic heterocycles. The Morgan fingerprint density at radius 3 is 2.22 bits per heavy atom. The number of carbonyl (C=O) groups is 1. The molecule has 0 unspecified atom stereocenters. The molecule has 0 saturated heterocycles. The molecule has 2 atom stereocenters. The van der Waals surface area contributed by atoms with Crippen molar-refractivity contribution in [3.8, 4) is 0 Å². The van der Waals surface area contributed by atoms with E-state index in [1.165, 1.54) is 0 Å². The van der Waals surface area contributed by atoms with Gasteiger partial charge in [-0.15, -0.1) is 0 Å². The fraction of sp³-hybridized carbons (Fsp3) is 0.381. The van der Waals surface area contributed by atoms with E-state index in [2.05, 4.69) is 0 Å². The van der Waals surface area contributed by atoms with Gasteiger partial charge in [0.2, 0.25) is 10.0 Å². The zero-order chi connectivity index (χ0) is 23.9. The maximum atomic E-state index is 13.2. The lowest BCUT2D eigenvalue weighted by molar-refractivity contribution is -0.384. The van der Waals surface area contributed by atoms with Crippen LogP contribution in [0.3, 0.4) is 0 Å². The van der Waals surface area contributed by atoms with Crippen LogP contribution in [-0.4, -0.2) is 54.1 Å². The summed E-state index contributed by atoms with van der Waals surface area (Å²) in [6.45, 7) is 3.34. The van der Waals surface area contributed by atoms with Gasteiger partial charge in [0.1, 0.15) is 12.2 Å². The highest BCUT2D eigenvalue weighted by Gasteiger charge is 2.32. The van der Waals surface area contributed by atoms with Gasteiger partial charge in [-0.05, 0) is 23.6 Å². The third kappa shape index (κ3) is 7.01. The average molecular weight is 466 g/mol. The van der Waals surface area contributed by atoms with Crippen LogP contribution in [0.5, 0.6) is 0 Å². The normalized spacial score (nSPS) is 13.7. The molecule has 0 fully saturated rings. The van der Waals surface area contributed by atoms with E-state index >= 15 is 0 Å². The number of nitro groups is 1. The average Bonchev–Trinajstić information content (AvgIpc) is 2.73. The standard InChI is InChI=1S/C21H27N3O7S/c1-15(2)13-23(32(29,30)18-10-8-17(9-11-18)24(27)28)14-19(25)20(31-21(22)26)12-16-6-4-3-5-7-16/h3-11,15,19-20,25H,12-14H2,1-2H3,(H2,22,26)/t19-,20+/m1/s1. The molecule has 1 amide bonds. The molecule has 3 N–H and O–H groups in total. The Hall–Kier alpha value is -3.02. The maximum absolute atomic E-state index is 13.2. The number of sulfonamides is 1. The first kappa shape index (κ1) is 25.2.